The van der Waals surface area contributed by atoms with Crippen LogP contribution in [0.15, 0.2) is 5.16 Å². The number of carbonyl (C=O) groups is 1. The minimum atomic E-state index is -0.338. The molecule has 0 radical (unpaired) electrons. The molecule has 0 aliphatic carbocycles. The predicted octanol–water partition coefficient (Wildman–Crippen LogP) is 0.417. The number of nitrogens with zero attached hydrogens (tertiary/aromatic N) is 4. The van der Waals surface area contributed by atoms with Crippen LogP contribution >= 0.6 is 11.8 Å². The van der Waals surface area contributed by atoms with Crippen molar-refractivity contribution in [1.82, 2.24) is 25.5 Å². The molecule has 1 aromatic heterocycles. The molecule has 0 aliphatic heterocycles. The minimum Gasteiger partial charge on any atom is -0.369 e. The fourth-order valence-electron chi connectivity index (χ4n) is 1.43. The van der Waals surface area contributed by atoms with E-state index in [0.29, 0.717) is 18.1 Å². The van der Waals surface area contributed by atoms with Gasteiger partial charge in [0.25, 0.3) is 0 Å². The molecule has 0 spiro atoms. The molecule has 3 N–H and O–H groups in total. The van der Waals surface area contributed by atoms with Gasteiger partial charge in [0, 0.05) is 12.1 Å². The molecule has 8 heteroatoms. The molecule has 0 aromatic carbocycles. The molecule has 1 rings (SSSR count). The van der Waals surface area contributed by atoms with Crippen molar-refractivity contribution in [3.8, 4) is 0 Å². The zero-order valence-electron chi connectivity index (χ0n) is 11.9. The van der Waals surface area contributed by atoms with E-state index in [9.17, 15) is 4.79 Å². The summed E-state index contributed by atoms with van der Waals surface area (Å²) in [6.45, 7) is 9.63. The third kappa shape index (κ3) is 5.56. The maximum Gasteiger partial charge on any atom is 0.231 e. The maximum absolute atomic E-state index is 11.2. The summed E-state index contributed by atoms with van der Waals surface area (Å²) in [5, 5.41) is 15.2. The molecule has 19 heavy (non-hydrogen) atoms. The highest BCUT2D eigenvalue weighted by molar-refractivity contribution is 8.00. The lowest BCUT2D eigenvalue weighted by Crippen LogP contribution is -2.38. The first-order valence-electron chi connectivity index (χ1n) is 6.30. The number of hydrogen-bond donors (Lipinski definition) is 2. The lowest BCUT2D eigenvalue weighted by Gasteiger charge is -2.20. The summed E-state index contributed by atoms with van der Waals surface area (Å²) in [6.07, 6.45) is 0.660. The van der Waals surface area contributed by atoms with Crippen LogP contribution < -0.4 is 11.1 Å². The highest BCUT2D eigenvalue weighted by Gasteiger charge is 2.19. The zero-order chi connectivity index (χ0) is 14.5. The Bertz CT molecular complexity index is 414. The van der Waals surface area contributed by atoms with Gasteiger partial charge < -0.3 is 11.1 Å². The average Bonchev–Trinajstić information content (AvgIpc) is 2.71. The number of amides is 1. The van der Waals surface area contributed by atoms with Gasteiger partial charge in [-0.15, -0.1) is 5.10 Å². The number of tetrazole rings is 1. The van der Waals surface area contributed by atoms with Gasteiger partial charge in [-0.3, -0.25) is 4.79 Å². The van der Waals surface area contributed by atoms with E-state index in [1.54, 1.807) is 4.68 Å². The molecule has 7 nitrogen and oxygen atoms in total. The van der Waals surface area contributed by atoms with Crippen LogP contribution in [0, 0.1) is 0 Å². The van der Waals surface area contributed by atoms with Crippen molar-refractivity contribution < 1.29 is 4.79 Å². The first-order valence-corrected chi connectivity index (χ1v) is 7.18. The summed E-state index contributed by atoms with van der Waals surface area (Å²) in [5.74, 6) is -0.338. The van der Waals surface area contributed by atoms with Gasteiger partial charge in [-0.05, 0) is 37.6 Å². The number of primary amides is 1. The summed E-state index contributed by atoms with van der Waals surface area (Å²) in [7, 11) is 0. The number of nitrogens with two attached hydrogens (primary N) is 1. The molecule has 0 saturated heterocycles. The van der Waals surface area contributed by atoms with E-state index in [-0.39, 0.29) is 16.7 Å². The molecular weight excluding hydrogens is 264 g/mol. The topological polar surface area (TPSA) is 98.7 Å². The van der Waals surface area contributed by atoms with Crippen molar-refractivity contribution in [2.75, 3.05) is 6.54 Å². The fraction of sp³-hybridized carbons (Fsp3) is 0.818. The third-order valence-electron chi connectivity index (χ3n) is 2.41. The van der Waals surface area contributed by atoms with Gasteiger partial charge in [0.1, 0.15) is 0 Å². The van der Waals surface area contributed by atoms with Crippen LogP contribution in [0.25, 0.3) is 0 Å². The Hall–Kier alpha value is -1.15. The van der Waals surface area contributed by atoms with Crippen molar-refractivity contribution in [2.24, 2.45) is 5.73 Å². The highest BCUT2D eigenvalue weighted by atomic mass is 32.2. The second kappa shape index (κ2) is 6.85. The molecule has 108 valence electrons. The Morgan fingerprint density at radius 3 is 2.74 bits per heavy atom. The lowest BCUT2D eigenvalue weighted by atomic mass is 10.1. The summed E-state index contributed by atoms with van der Waals surface area (Å²) in [5.41, 5.74) is 5.38. The Balaban J connectivity index is 2.57. The van der Waals surface area contributed by atoms with E-state index in [4.69, 9.17) is 5.73 Å². The van der Waals surface area contributed by atoms with Gasteiger partial charge in [0.15, 0.2) is 0 Å². The zero-order valence-corrected chi connectivity index (χ0v) is 12.7. The average molecular weight is 286 g/mol. The Morgan fingerprint density at radius 2 is 2.21 bits per heavy atom. The summed E-state index contributed by atoms with van der Waals surface area (Å²) < 4.78 is 1.69. The van der Waals surface area contributed by atoms with Crippen molar-refractivity contribution in [1.29, 1.82) is 0 Å². The minimum absolute atomic E-state index is 0.0560. The Labute approximate surface area is 117 Å². The van der Waals surface area contributed by atoms with Crippen LogP contribution in [0.4, 0.5) is 0 Å². The van der Waals surface area contributed by atoms with Crippen molar-refractivity contribution in [2.45, 2.75) is 56.6 Å². The predicted molar refractivity (Wildman–Crippen MR) is 74.7 cm³/mol. The van der Waals surface area contributed by atoms with Crippen LogP contribution in [-0.2, 0) is 11.3 Å². The smallest absolute Gasteiger partial charge is 0.231 e. The van der Waals surface area contributed by atoms with Crippen molar-refractivity contribution in [3.05, 3.63) is 0 Å². The van der Waals surface area contributed by atoms with E-state index in [0.717, 1.165) is 6.54 Å². The van der Waals surface area contributed by atoms with Gasteiger partial charge >= 0.3 is 0 Å². The van der Waals surface area contributed by atoms with E-state index in [1.807, 2.05) is 6.92 Å². The van der Waals surface area contributed by atoms with Crippen molar-refractivity contribution in [3.63, 3.8) is 0 Å². The molecule has 0 aliphatic rings. The summed E-state index contributed by atoms with van der Waals surface area (Å²) in [4.78, 5) is 11.2. The molecule has 0 bridgehead atoms. The van der Waals surface area contributed by atoms with Gasteiger partial charge in [-0.2, -0.15) is 0 Å². The van der Waals surface area contributed by atoms with Crippen LogP contribution in [0.3, 0.4) is 0 Å². The second-order valence-corrected chi connectivity index (χ2v) is 6.45. The van der Waals surface area contributed by atoms with Gasteiger partial charge in [0.05, 0.1) is 11.8 Å². The summed E-state index contributed by atoms with van der Waals surface area (Å²) >= 11 is 1.31. The molecule has 1 amide bonds. The largest absolute Gasteiger partial charge is 0.369 e. The molecule has 1 heterocycles. The molecule has 1 atom stereocenters. The Kier molecular flexibility index (Phi) is 5.74. The number of rotatable bonds is 7. The molecule has 0 fully saturated rings. The monoisotopic (exact) mass is 286 g/mol. The first kappa shape index (κ1) is 15.9. The highest BCUT2D eigenvalue weighted by Crippen LogP contribution is 2.22. The van der Waals surface area contributed by atoms with Gasteiger partial charge in [-0.25, -0.2) is 4.68 Å². The molecule has 0 saturated carbocycles. The normalized spacial score (nSPS) is 13.5. The van der Waals surface area contributed by atoms with Crippen LogP contribution in [0.2, 0.25) is 0 Å². The molecule has 1 unspecified atom stereocenters. The number of carbonyl (C=O) groups excluding carboxylic acids is 1. The van der Waals surface area contributed by atoms with Crippen LogP contribution in [0.5, 0.6) is 0 Å². The molecular formula is C11H22N6OS. The van der Waals surface area contributed by atoms with E-state index in [2.05, 4.69) is 41.6 Å². The summed E-state index contributed by atoms with van der Waals surface area (Å²) in [6, 6.07) is 0. The standard InChI is InChI=1S/C11H22N6OS/c1-5-8(9(12)18)19-10-14-15-16-17(10)7-6-13-11(2,3)4/h8,13H,5-7H2,1-4H3,(H2,12,18). The SMILES string of the molecule is CCC(Sc1nnnn1CCNC(C)(C)C)C(N)=O. The second-order valence-electron chi connectivity index (χ2n) is 5.28. The quantitative estimate of drug-likeness (QED) is 0.705. The third-order valence-corrected chi connectivity index (χ3v) is 3.77. The van der Waals surface area contributed by atoms with E-state index in [1.165, 1.54) is 11.8 Å². The fourth-order valence-corrected chi connectivity index (χ4v) is 2.30. The number of thioether (sulfide) groups is 1. The lowest BCUT2D eigenvalue weighted by molar-refractivity contribution is -0.117. The Morgan fingerprint density at radius 1 is 1.53 bits per heavy atom. The maximum atomic E-state index is 11.2. The van der Waals surface area contributed by atoms with E-state index >= 15 is 0 Å². The van der Waals surface area contributed by atoms with Crippen LogP contribution in [0.1, 0.15) is 34.1 Å². The first-order chi connectivity index (χ1) is 8.83. The number of hydrogen-bond acceptors (Lipinski definition) is 6. The molecule has 1 aromatic rings. The van der Waals surface area contributed by atoms with Gasteiger partial charge in [-0.1, -0.05) is 18.7 Å². The van der Waals surface area contributed by atoms with Crippen molar-refractivity contribution >= 4 is 17.7 Å². The van der Waals surface area contributed by atoms with Gasteiger partial charge in [0.2, 0.25) is 11.1 Å². The van der Waals surface area contributed by atoms with Crippen LogP contribution in [-0.4, -0.2) is 43.4 Å². The van der Waals surface area contributed by atoms with E-state index < -0.39 is 0 Å². The number of aromatic nitrogens is 4. The number of nitrogens with one attached hydrogen (secondary N) is 1.